The van der Waals surface area contributed by atoms with E-state index in [1.54, 1.807) is 0 Å². The molecule has 2 atom stereocenters. The second-order valence-electron chi connectivity index (χ2n) is 7.02. The molecule has 0 spiro atoms. The van der Waals surface area contributed by atoms with Crippen LogP contribution in [0.1, 0.15) is 96.8 Å². The van der Waals surface area contributed by atoms with E-state index in [1.165, 1.54) is 76.7 Å². The summed E-state index contributed by atoms with van der Waals surface area (Å²) >= 11 is 0. The van der Waals surface area contributed by atoms with Crippen LogP contribution in [0, 0.1) is 0 Å². The Balaban J connectivity index is 3.32. The predicted molar refractivity (Wildman–Crippen MR) is 101 cm³/mol. The molecular weight excluding hydrogens is 286 g/mol. The second kappa shape index (κ2) is 15.2. The fraction of sp³-hybridized carbons (Fsp3) is 0.900. The van der Waals surface area contributed by atoms with Gasteiger partial charge in [-0.25, -0.2) is 0 Å². The Kier molecular flexibility index (Phi) is 14.9. The molecule has 0 heterocycles. The summed E-state index contributed by atoms with van der Waals surface area (Å²) < 4.78 is 0. The van der Waals surface area contributed by atoms with Crippen molar-refractivity contribution in [2.24, 2.45) is 5.73 Å². The normalized spacial score (nSPS) is 15.3. The zero-order valence-corrected chi connectivity index (χ0v) is 15.4. The van der Waals surface area contributed by atoms with Gasteiger partial charge in [0.05, 0.1) is 18.2 Å². The lowest BCUT2D eigenvalue weighted by Gasteiger charge is -2.29. The smallest absolute Gasteiger partial charge is 0.0834 e. The minimum Gasteiger partial charge on any atom is -0.394 e. The maximum absolute atomic E-state index is 9.99. The van der Waals surface area contributed by atoms with E-state index in [1.807, 2.05) is 0 Å². The Bertz CT molecular complexity index is 270. The van der Waals surface area contributed by atoms with Crippen molar-refractivity contribution < 1.29 is 10.2 Å². The molecule has 3 heteroatoms. The number of hydrogen-bond donors (Lipinski definition) is 3. The standard InChI is InChI=1S/C20H41NO2/c1-3-5-6-7-8-9-10-11-12-13-14-15-16-17-19(23)20(21,4-2)18-22/h4,19,22-23H,2-3,5-18,21H2,1H3/t19-,20+/m1/s1. The molecule has 0 aromatic carbocycles. The molecule has 0 aromatic rings. The Morgan fingerprint density at radius 1 is 0.870 bits per heavy atom. The third kappa shape index (κ3) is 11.7. The molecule has 0 unspecified atom stereocenters. The summed E-state index contributed by atoms with van der Waals surface area (Å²) in [6, 6.07) is 0. The van der Waals surface area contributed by atoms with E-state index in [0.29, 0.717) is 6.42 Å². The Labute approximate surface area is 144 Å². The van der Waals surface area contributed by atoms with E-state index in [0.717, 1.165) is 12.8 Å². The minimum atomic E-state index is -1.04. The summed E-state index contributed by atoms with van der Waals surface area (Å²) in [5.41, 5.74) is 4.82. The summed E-state index contributed by atoms with van der Waals surface area (Å²) in [7, 11) is 0. The van der Waals surface area contributed by atoms with Crippen molar-refractivity contribution in [3.05, 3.63) is 12.7 Å². The number of rotatable bonds is 17. The molecule has 0 saturated heterocycles. The lowest BCUT2D eigenvalue weighted by atomic mass is 9.90. The van der Waals surface area contributed by atoms with Gasteiger partial charge in [-0.2, -0.15) is 0 Å². The van der Waals surface area contributed by atoms with Gasteiger partial charge in [0.2, 0.25) is 0 Å². The highest BCUT2D eigenvalue weighted by molar-refractivity contribution is 5.05. The monoisotopic (exact) mass is 327 g/mol. The van der Waals surface area contributed by atoms with Crippen molar-refractivity contribution in [2.75, 3.05) is 6.61 Å². The molecule has 23 heavy (non-hydrogen) atoms. The summed E-state index contributed by atoms with van der Waals surface area (Å²) in [6.07, 6.45) is 18.5. The van der Waals surface area contributed by atoms with Gasteiger partial charge in [-0.1, -0.05) is 96.5 Å². The zero-order chi connectivity index (χ0) is 17.4. The van der Waals surface area contributed by atoms with Crippen molar-refractivity contribution in [3.8, 4) is 0 Å². The van der Waals surface area contributed by atoms with E-state index in [-0.39, 0.29) is 6.61 Å². The Hall–Kier alpha value is -0.380. The van der Waals surface area contributed by atoms with Crippen LogP contribution in [0.25, 0.3) is 0 Å². The average molecular weight is 328 g/mol. The minimum absolute atomic E-state index is 0.254. The maximum Gasteiger partial charge on any atom is 0.0834 e. The highest BCUT2D eigenvalue weighted by Crippen LogP contribution is 2.17. The number of unbranched alkanes of at least 4 members (excludes halogenated alkanes) is 12. The molecule has 0 fully saturated rings. The van der Waals surface area contributed by atoms with Gasteiger partial charge >= 0.3 is 0 Å². The first kappa shape index (κ1) is 22.6. The average Bonchev–Trinajstić information content (AvgIpc) is 2.58. The number of nitrogens with two attached hydrogens (primary N) is 1. The molecule has 0 aliphatic heterocycles. The van der Waals surface area contributed by atoms with Gasteiger partial charge in [0.1, 0.15) is 0 Å². The molecule has 0 aliphatic carbocycles. The fourth-order valence-corrected chi connectivity index (χ4v) is 2.93. The molecular formula is C20H41NO2. The SMILES string of the molecule is C=C[C@](N)(CO)[C@H](O)CCCCCCCCCCCCCCC. The van der Waals surface area contributed by atoms with Gasteiger partial charge in [0, 0.05) is 0 Å². The predicted octanol–water partition coefficient (Wildman–Crippen LogP) is 4.70. The van der Waals surface area contributed by atoms with Gasteiger partial charge in [-0.3, -0.25) is 0 Å². The molecule has 0 rings (SSSR count). The van der Waals surface area contributed by atoms with E-state index >= 15 is 0 Å². The topological polar surface area (TPSA) is 66.5 Å². The summed E-state index contributed by atoms with van der Waals surface area (Å²) in [5.74, 6) is 0. The third-order valence-corrected chi connectivity index (χ3v) is 4.86. The van der Waals surface area contributed by atoms with Gasteiger partial charge < -0.3 is 15.9 Å². The number of aliphatic hydroxyl groups excluding tert-OH is 2. The number of aliphatic hydroxyl groups is 2. The fourth-order valence-electron chi connectivity index (χ4n) is 2.93. The highest BCUT2D eigenvalue weighted by atomic mass is 16.3. The van der Waals surface area contributed by atoms with Crippen molar-refractivity contribution in [1.82, 2.24) is 0 Å². The van der Waals surface area contributed by atoms with Gasteiger partial charge in [0.15, 0.2) is 0 Å². The summed E-state index contributed by atoms with van der Waals surface area (Å²) in [6.45, 7) is 5.60. The van der Waals surface area contributed by atoms with Gasteiger partial charge in [-0.15, -0.1) is 6.58 Å². The van der Waals surface area contributed by atoms with E-state index < -0.39 is 11.6 Å². The van der Waals surface area contributed by atoms with Gasteiger partial charge in [-0.05, 0) is 6.42 Å². The molecule has 3 nitrogen and oxygen atoms in total. The van der Waals surface area contributed by atoms with Gasteiger partial charge in [0.25, 0.3) is 0 Å². The first-order chi connectivity index (χ1) is 11.1. The molecule has 0 aromatic heterocycles. The molecule has 0 saturated carbocycles. The lowest BCUT2D eigenvalue weighted by Crippen LogP contribution is -2.52. The second-order valence-corrected chi connectivity index (χ2v) is 7.02. The van der Waals surface area contributed by atoms with Crippen LogP contribution < -0.4 is 5.73 Å². The van der Waals surface area contributed by atoms with Crippen LogP contribution in [-0.2, 0) is 0 Å². The Morgan fingerprint density at radius 2 is 1.26 bits per heavy atom. The highest BCUT2D eigenvalue weighted by Gasteiger charge is 2.29. The molecule has 138 valence electrons. The first-order valence-electron chi connectivity index (χ1n) is 9.82. The van der Waals surface area contributed by atoms with Crippen molar-refractivity contribution in [2.45, 2.75) is 108 Å². The molecule has 0 bridgehead atoms. The molecule has 0 radical (unpaired) electrons. The van der Waals surface area contributed by atoms with Crippen LogP contribution >= 0.6 is 0 Å². The van der Waals surface area contributed by atoms with E-state index in [4.69, 9.17) is 5.73 Å². The number of hydrogen-bond acceptors (Lipinski definition) is 3. The summed E-state index contributed by atoms with van der Waals surface area (Å²) in [4.78, 5) is 0. The van der Waals surface area contributed by atoms with Crippen molar-refractivity contribution >= 4 is 0 Å². The van der Waals surface area contributed by atoms with Crippen molar-refractivity contribution in [3.63, 3.8) is 0 Å². The van der Waals surface area contributed by atoms with E-state index in [2.05, 4.69) is 13.5 Å². The molecule has 0 amide bonds. The zero-order valence-electron chi connectivity index (χ0n) is 15.4. The van der Waals surface area contributed by atoms with Crippen LogP contribution in [0.2, 0.25) is 0 Å². The van der Waals surface area contributed by atoms with Crippen LogP contribution in [-0.4, -0.2) is 28.5 Å². The lowest BCUT2D eigenvalue weighted by molar-refractivity contribution is 0.0615. The molecule has 0 aliphatic rings. The Morgan fingerprint density at radius 3 is 1.61 bits per heavy atom. The van der Waals surface area contributed by atoms with Crippen LogP contribution in [0.4, 0.5) is 0 Å². The van der Waals surface area contributed by atoms with Crippen LogP contribution in [0.5, 0.6) is 0 Å². The first-order valence-corrected chi connectivity index (χ1v) is 9.82. The quantitative estimate of drug-likeness (QED) is 0.268. The van der Waals surface area contributed by atoms with E-state index in [9.17, 15) is 10.2 Å². The molecule has 4 N–H and O–H groups in total. The third-order valence-electron chi connectivity index (χ3n) is 4.86. The van der Waals surface area contributed by atoms with Crippen LogP contribution in [0.15, 0.2) is 12.7 Å². The maximum atomic E-state index is 9.99. The van der Waals surface area contributed by atoms with Crippen molar-refractivity contribution in [1.29, 1.82) is 0 Å². The summed E-state index contributed by atoms with van der Waals surface area (Å²) in [5, 5.41) is 19.2. The largest absolute Gasteiger partial charge is 0.394 e. The van der Waals surface area contributed by atoms with Crippen LogP contribution in [0.3, 0.4) is 0 Å².